The lowest BCUT2D eigenvalue weighted by molar-refractivity contribution is -0.120. The van der Waals surface area contributed by atoms with Crippen LogP contribution in [-0.4, -0.2) is 11.8 Å². The van der Waals surface area contributed by atoms with Crippen LogP contribution in [0.15, 0.2) is 54.1 Å². The monoisotopic (exact) mass is 279 g/mol. The zero-order chi connectivity index (χ0) is 15.0. The van der Waals surface area contributed by atoms with E-state index >= 15 is 0 Å². The SMILES string of the molecule is CC(C)C=C1CC(=O)N(c2ccc3ccccc3c2)C1=O. The fourth-order valence-electron chi connectivity index (χ4n) is 2.68. The zero-order valence-corrected chi connectivity index (χ0v) is 12.2. The Hall–Kier alpha value is -2.42. The molecule has 1 aliphatic rings. The molecule has 1 heterocycles. The van der Waals surface area contributed by atoms with Crippen LogP contribution in [0.5, 0.6) is 0 Å². The van der Waals surface area contributed by atoms with Crippen LogP contribution in [0, 0.1) is 5.92 Å². The fourth-order valence-corrected chi connectivity index (χ4v) is 2.68. The number of carbonyl (C=O) groups is 2. The van der Waals surface area contributed by atoms with Gasteiger partial charge in [0.05, 0.1) is 12.1 Å². The lowest BCUT2D eigenvalue weighted by atomic mass is 10.1. The van der Waals surface area contributed by atoms with Crippen molar-refractivity contribution < 1.29 is 9.59 Å². The minimum absolute atomic E-state index is 0.151. The number of carbonyl (C=O) groups excluding carboxylic acids is 2. The molecule has 2 aromatic rings. The maximum Gasteiger partial charge on any atom is 0.261 e. The third-order valence-electron chi connectivity index (χ3n) is 3.59. The number of anilines is 1. The Balaban J connectivity index is 2.02. The first-order chi connectivity index (χ1) is 10.1. The van der Waals surface area contributed by atoms with Crippen molar-refractivity contribution in [2.24, 2.45) is 5.92 Å². The molecule has 1 saturated heterocycles. The second-order valence-corrected chi connectivity index (χ2v) is 5.68. The lowest BCUT2D eigenvalue weighted by Gasteiger charge is -2.14. The van der Waals surface area contributed by atoms with E-state index < -0.39 is 0 Å². The van der Waals surface area contributed by atoms with Crippen LogP contribution in [-0.2, 0) is 9.59 Å². The van der Waals surface area contributed by atoms with Gasteiger partial charge in [0.25, 0.3) is 5.91 Å². The van der Waals surface area contributed by atoms with Crippen molar-refractivity contribution in [3.05, 3.63) is 54.1 Å². The molecule has 21 heavy (non-hydrogen) atoms. The summed E-state index contributed by atoms with van der Waals surface area (Å²) >= 11 is 0. The molecule has 0 aromatic heterocycles. The van der Waals surface area contributed by atoms with Gasteiger partial charge in [-0.15, -0.1) is 0 Å². The largest absolute Gasteiger partial charge is 0.274 e. The van der Waals surface area contributed by atoms with Gasteiger partial charge < -0.3 is 0 Å². The van der Waals surface area contributed by atoms with E-state index in [0.29, 0.717) is 11.3 Å². The molecular weight excluding hydrogens is 262 g/mol. The molecule has 0 unspecified atom stereocenters. The minimum atomic E-state index is -0.191. The molecule has 0 aliphatic carbocycles. The number of fused-ring (bicyclic) bond motifs is 1. The number of imide groups is 1. The molecular formula is C18H17NO2. The van der Waals surface area contributed by atoms with Gasteiger partial charge in [0, 0.05) is 5.57 Å². The number of nitrogens with zero attached hydrogens (tertiary/aromatic N) is 1. The number of benzene rings is 2. The maximum absolute atomic E-state index is 12.4. The number of amides is 2. The number of rotatable bonds is 2. The third kappa shape index (κ3) is 2.47. The van der Waals surface area contributed by atoms with Crippen molar-refractivity contribution >= 4 is 28.3 Å². The van der Waals surface area contributed by atoms with Crippen LogP contribution in [0.25, 0.3) is 10.8 Å². The van der Waals surface area contributed by atoms with Crippen molar-refractivity contribution in [3.63, 3.8) is 0 Å². The van der Waals surface area contributed by atoms with E-state index in [-0.39, 0.29) is 24.2 Å². The summed E-state index contributed by atoms with van der Waals surface area (Å²) in [5.74, 6) is -0.0838. The Bertz CT molecular complexity index is 759. The Morgan fingerprint density at radius 1 is 1.05 bits per heavy atom. The Kier molecular flexibility index (Phi) is 3.34. The lowest BCUT2D eigenvalue weighted by Crippen LogP contribution is -2.28. The summed E-state index contributed by atoms with van der Waals surface area (Å²) in [7, 11) is 0. The van der Waals surface area contributed by atoms with Crippen LogP contribution in [0.3, 0.4) is 0 Å². The minimum Gasteiger partial charge on any atom is -0.274 e. The molecule has 3 heteroatoms. The van der Waals surface area contributed by atoms with Crippen molar-refractivity contribution in [2.75, 3.05) is 4.90 Å². The molecule has 0 radical (unpaired) electrons. The Morgan fingerprint density at radius 3 is 2.48 bits per heavy atom. The second kappa shape index (κ2) is 5.17. The molecule has 106 valence electrons. The quantitative estimate of drug-likeness (QED) is 0.621. The van der Waals surface area contributed by atoms with Crippen molar-refractivity contribution in [1.29, 1.82) is 0 Å². The van der Waals surface area contributed by atoms with E-state index in [4.69, 9.17) is 0 Å². The summed E-state index contributed by atoms with van der Waals surface area (Å²) in [6.07, 6.45) is 2.07. The first-order valence-electron chi connectivity index (χ1n) is 7.13. The van der Waals surface area contributed by atoms with Gasteiger partial charge in [-0.05, 0) is 28.8 Å². The van der Waals surface area contributed by atoms with E-state index in [0.717, 1.165) is 10.8 Å². The van der Waals surface area contributed by atoms with Crippen LogP contribution >= 0.6 is 0 Å². The number of allylic oxidation sites excluding steroid dienone is 1. The van der Waals surface area contributed by atoms with E-state index in [1.807, 2.05) is 62.4 Å². The summed E-state index contributed by atoms with van der Waals surface area (Å²) in [6.45, 7) is 4.01. The summed E-state index contributed by atoms with van der Waals surface area (Å²) in [5, 5.41) is 2.12. The summed E-state index contributed by atoms with van der Waals surface area (Å²) in [6, 6.07) is 13.6. The van der Waals surface area contributed by atoms with E-state index in [1.54, 1.807) is 0 Å². The number of hydrogen-bond acceptors (Lipinski definition) is 2. The van der Waals surface area contributed by atoms with Gasteiger partial charge in [-0.2, -0.15) is 0 Å². The highest BCUT2D eigenvalue weighted by Crippen LogP contribution is 2.29. The Morgan fingerprint density at radius 2 is 1.76 bits per heavy atom. The average Bonchev–Trinajstić information content (AvgIpc) is 2.72. The molecule has 2 aromatic carbocycles. The van der Waals surface area contributed by atoms with Gasteiger partial charge in [-0.3, -0.25) is 9.59 Å². The normalized spacial score (nSPS) is 17.5. The van der Waals surface area contributed by atoms with Crippen LogP contribution in [0.1, 0.15) is 20.3 Å². The molecule has 1 fully saturated rings. The second-order valence-electron chi connectivity index (χ2n) is 5.68. The number of hydrogen-bond donors (Lipinski definition) is 0. The van der Waals surface area contributed by atoms with Crippen molar-refractivity contribution in [2.45, 2.75) is 20.3 Å². The summed E-state index contributed by atoms with van der Waals surface area (Å²) < 4.78 is 0. The van der Waals surface area contributed by atoms with Gasteiger partial charge >= 0.3 is 0 Å². The molecule has 0 saturated carbocycles. The smallest absolute Gasteiger partial charge is 0.261 e. The summed E-state index contributed by atoms with van der Waals surface area (Å²) in [5.41, 5.74) is 1.25. The highest BCUT2D eigenvalue weighted by Gasteiger charge is 2.34. The van der Waals surface area contributed by atoms with Gasteiger partial charge in [-0.25, -0.2) is 4.90 Å². The molecule has 0 spiro atoms. The zero-order valence-electron chi connectivity index (χ0n) is 12.2. The standard InChI is InChI=1S/C18H17NO2/c1-12(2)9-15-11-17(20)19(18(15)21)16-8-7-13-5-3-4-6-14(13)10-16/h3-10,12H,11H2,1-2H3. The van der Waals surface area contributed by atoms with Gasteiger partial charge in [-0.1, -0.05) is 50.3 Å². The van der Waals surface area contributed by atoms with E-state index in [1.165, 1.54) is 4.90 Å². The predicted octanol–water partition coefficient (Wildman–Crippen LogP) is 3.69. The maximum atomic E-state index is 12.4. The molecule has 0 atom stereocenters. The first kappa shape index (κ1) is 13.6. The highest BCUT2D eigenvalue weighted by atomic mass is 16.2. The molecule has 0 N–H and O–H groups in total. The molecule has 3 nitrogen and oxygen atoms in total. The van der Waals surface area contributed by atoms with Crippen molar-refractivity contribution in [3.8, 4) is 0 Å². The van der Waals surface area contributed by atoms with Gasteiger partial charge in [0.2, 0.25) is 5.91 Å². The summed E-state index contributed by atoms with van der Waals surface area (Å²) in [4.78, 5) is 25.9. The van der Waals surface area contributed by atoms with Crippen LogP contribution in [0.4, 0.5) is 5.69 Å². The van der Waals surface area contributed by atoms with Crippen LogP contribution in [0.2, 0.25) is 0 Å². The topological polar surface area (TPSA) is 37.4 Å². The average molecular weight is 279 g/mol. The Labute approximate surface area is 123 Å². The molecule has 0 bridgehead atoms. The van der Waals surface area contributed by atoms with Crippen molar-refractivity contribution in [1.82, 2.24) is 0 Å². The highest BCUT2D eigenvalue weighted by molar-refractivity contribution is 6.28. The molecule has 3 rings (SSSR count). The predicted molar refractivity (Wildman–Crippen MR) is 84.0 cm³/mol. The molecule has 1 aliphatic heterocycles. The third-order valence-corrected chi connectivity index (χ3v) is 3.59. The van der Waals surface area contributed by atoms with Gasteiger partial charge in [0.15, 0.2) is 0 Å². The van der Waals surface area contributed by atoms with Crippen LogP contribution < -0.4 is 4.90 Å². The van der Waals surface area contributed by atoms with E-state index in [2.05, 4.69) is 0 Å². The van der Waals surface area contributed by atoms with Gasteiger partial charge in [0.1, 0.15) is 0 Å². The first-order valence-corrected chi connectivity index (χ1v) is 7.13. The molecule has 2 amide bonds. The van der Waals surface area contributed by atoms with E-state index in [9.17, 15) is 9.59 Å². The fraction of sp³-hybridized carbons (Fsp3) is 0.222.